The van der Waals surface area contributed by atoms with Crippen molar-refractivity contribution in [2.24, 2.45) is 0 Å². The van der Waals surface area contributed by atoms with Crippen LogP contribution in [0.2, 0.25) is 0 Å². The molecule has 0 aliphatic heterocycles. The van der Waals surface area contributed by atoms with E-state index in [4.69, 9.17) is 0 Å². The standard InChI is InChI=1S/C4F5/c5-1-2(6)4(8,9)3(1)7/q+1. The summed E-state index contributed by atoms with van der Waals surface area (Å²) >= 11 is 0. The zero-order valence-corrected chi connectivity index (χ0v) is 3.89. The van der Waals surface area contributed by atoms with E-state index in [-0.39, 0.29) is 0 Å². The fourth-order valence-corrected chi connectivity index (χ4v) is 0.406. The molecule has 0 aromatic carbocycles. The Kier molecular flexibility index (Phi) is 0.992. The third kappa shape index (κ3) is 0.541. The van der Waals surface area contributed by atoms with Crippen LogP contribution in [0.5, 0.6) is 0 Å². The van der Waals surface area contributed by atoms with Gasteiger partial charge in [0.2, 0.25) is 0 Å². The van der Waals surface area contributed by atoms with E-state index in [9.17, 15) is 22.0 Å². The zero-order valence-electron chi connectivity index (χ0n) is 3.89. The van der Waals surface area contributed by atoms with Gasteiger partial charge < -0.3 is 0 Å². The molecule has 0 fully saturated rings. The van der Waals surface area contributed by atoms with Gasteiger partial charge in [0.05, 0.1) is 0 Å². The quantitative estimate of drug-likeness (QED) is 0.360. The molecular formula is C4F5+. The topological polar surface area (TPSA) is 0 Å². The van der Waals surface area contributed by atoms with E-state index in [0.717, 1.165) is 0 Å². The van der Waals surface area contributed by atoms with Gasteiger partial charge >= 0.3 is 23.7 Å². The zero-order chi connectivity index (χ0) is 7.23. The lowest BCUT2D eigenvalue weighted by Crippen LogP contribution is -2.34. The van der Waals surface area contributed by atoms with E-state index in [1.807, 2.05) is 0 Å². The summed E-state index contributed by atoms with van der Waals surface area (Å²) in [6.45, 7) is 0. The van der Waals surface area contributed by atoms with E-state index >= 15 is 0 Å². The van der Waals surface area contributed by atoms with Gasteiger partial charge in [-0.2, -0.15) is 13.2 Å². The van der Waals surface area contributed by atoms with Gasteiger partial charge in [-0.3, -0.25) is 0 Å². The molecule has 0 heterocycles. The predicted molar refractivity (Wildman–Crippen MR) is 18.5 cm³/mol. The highest BCUT2D eigenvalue weighted by atomic mass is 19.3. The van der Waals surface area contributed by atoms with Gasteiger partial charge in [0, 0.05) is 0 Å². The number of alkyl halides is 2. The normalized spacial score (nSPS) is 24.3. The number of hydrogen-bond donors (Lipinski definition) is 0. The summed E-state index contributed by atoms with van der Waals surface area (Å²) in [5.74, 6) is -8.69. The minimum Gasteiger partial charge on any atom is -0.152 e. The molecule has 9 heavy (non-hydrogen) atoms. The summed E-state index contributed by atoms with van der Waals surface area (Å²) in [5.41, 5.74) is 0. The predicted octanol–water partition coefficient (Wildman–Crippen LogP) is 2.29. The first-order valence-corrected chi connectivity index (χ1v) is 1.94. The van der Waals surface area contributed by atoms with Crippen molar-refractivity contribution >= 4 is 0 Å². The first-order valence-electron chi connectivity index (χ1n) is 1.94. The van der Waals surface area contributed by atoms with Gasteiger partial charge in [-0.25, -0.2) is 0 Å². The van der Waals surface area contributed by atoms with Crippen molar-refractivity contribution in [1.29, 1.82) is 0 Å². The lowest BCUT2D eigenvalue weighted by atomic mass is 10.0. The van der Waals surface area contributed by atoms with Crippen molar-refractivity contribution in [2.75, 3.05) is 0 Å². The lowest BCUT2D eigenvalue weighted by Gasteiger charge is -2.12. The van der Waals surface area contributed by atoms with Crippen LogP contribution >= 0.6 is 0 Å². The van der Waals surface area contributed by atoms with Gasteiger partial charge in [-0.1, -0.05) is 8.78 Å². The molecule has 0 unspecified atom stereocenters. The fourth-order valence-electron chi connectivity index (χ4n) is 0.406. The van der Waals surface area contributed by atoms with Crippen molar-refractivity contribution in [1.82, 2.24) is 0 Å². The third-order valence-corrected chi connectivity index (χ3v) is 0.937. The second kappa shape index (κ2) is 1.40. The van der Waals surface area contributed by atoms with Crippen LogP contribution in [0.25, 0.3) is 0 Å². The molecule has 1 aliphatic rings. The van der Waals surface area contributed by atoms with Crippen LogP contribution in [0.4, 0.5) is 22.0 Å². The average molecular weight is 143 g/mol. The smallest absolute Gasteiger partial charge is 0.152 e. The molecule has 0 radical (unpaired) electrons. The first-order chi connectivity index (χ1) is 3.98. The van der Waals surface area contributed by atoms with Gasteiger partial charge in [-0.05, 0) is 0 Å². The molecule has 0 bridgehead atoms. The van der Waals surface area contributed by atoms with Crippen LogP contribution in [-0.2, 0) is 0 Å². The van der Waals surface area contributed by atoms with Crippen molar-refractivity contribution in [2.45, 2.75) is 5.92 Å². The Balaban J connectivity index is 2.92. The highest BCUT2D eigenvalue weighted by Gasteiger charge is 2.75. The van der Waals surface area contributed by atoms with Gasteiger partial charge in [0.25, 0.3) is 0 Å². The second-order valence-electron chi connectivity index (χ2n) is 1.52. The first kappa shape index (κ1) is 6.38. The Hall–Kier alpha value is -0.740. The highest BCUT2D eigenvalue weighted by molar-refractivity contribution is 5.40. The molecule has 5 heteroatoms. The molecule has 0 N–H and O–H groups in total. The maximum absolute atomic E-state index is 11.5. The fraction of sp³-hybridized carbons (Fsp3) is 0.250. The Bertz CT molecular complexity index is 170. The molecule has 0 spiro atoms. The molecule has 0 atom stereocenters. The molecular weight excluding hydrogens is 143 g/mol. The summed E-state index contributed by atoms with van der Waals surface area (Å²) in [6.07, 6.45) is -2.32. The number of rotatable bonds is 0. The number of allylic oxidation sites excluding steroid dienone is 2. The number of hydrogen-bond acceptors (Lipinski definition) is 0. The van der Waals surface area contributed by atoms with Crippen molar-refractivity contribution in [3.63, 3.8) is 0 Å². The largest absolute Gasteiger partial charge is 0.492 e. The maximum Gasteiger partial charge on any atom is 0.492 e. The highest BCUT2D eigenvalue weighted by Crippen LogP contribution is 2.52. The van der Waals surface area contributed by atoms with Crippen LogP contribution in [0.3, 0.4) is 0 Å². The summed E-state index contributed by atoms with van der Waals surface area (Å²) in [6, 6.07) is 0. The summed E-state index contributed by atoms with van der Waals surface area (Å²) in [5, 5.41) is 0. The molecule has 0 aromatic heterocycles. The minimum atomic E-state index is -4.30. The molecule has 0 amide bonds. The van der Waals surface area contributed by atoms with Crippen LogP contribution in [0, 0.1) is 6.17 Å². The summed E-state index contributed by atoms with van der Waals surface area (Å²) in [7, 11) is 0. The Labute approximate surface area is 47.0 Å². The average Bonchev–Trinajstić information content (AvgIpc) is 1.84. The van der Waals surface area contributed by atoms with Crippen LogP contribution in [-0.4, -0.2) is 5.92 Å². The summed E-state index contributed by atoms with van der Waals surface area (Å²) < 4.78 is 57.3. The summed E-state index contributed by atoms with van der Waals surface area (Å²) in [4.78, 5) is 0. The Morgan fingerprint density at radius 3 is 1.78 bits per heavy atom. The van der Waals surface area contributed by atoms with Gasteiger partial charge in [0.15, 0.2) is 0 Å². The Morgan fingerprint density at radius 1 is 1.22 bits per heavy atom. The van der Waals surface area contributed by atoms with Crippen LogP contribution < -0.4 is 0 Å². The molecule has 0 nitrogen and oxygen atoms in total. The van der Waals surface area contributed by atoms with E-state index in [1.54, 1.807) is 0 Å². The van der Waals surface area contributed by atoms with E-state index < -0.39 is 23.7 Å². The monoisotopic (exact) mass is 143 g/mol. The van der Waals surface area contributed by atoms with E-state index in [0.29, 0.717) is 0 Å². The molecule has 0 aromatic rings. The van der Waals surface area contributed by atoms with Crippen molar-refractivity contribution in [3.05, 3.63) is 17.8 Å². The van der Waals surface area contributed by atoms with Crippen LogP contribution in [0.15, 0.2) is 11.7 Å². The molecule has 0 saturated heterocycles. The van der Waals surface area contributed by atoms with Gasteiger partial charge in [-0.15, -0.1) is 0 Å². The van der Waals surface area contributed by atoms with E-state index in [1.165, 1.54) is 0 Å². The second-order valence-corrected chi connectivity index (χ2v) is 1.52. The van der Waals surface area contributed by atoms with Crippen molar-refractivity contribution in [3.8, 4) is 0 Å². The third-order valence-electron chi connectivity index (χ3n) is 0.937. The van der Waals surface area contributed by atoms with Crippen molar-refractivity contribution < 1.29 is 22.0 Å². The van der Waals surface area contributed by atoms with Crippen LogP contribution in [0.1, 0.15) is 0 Å². The van der Waals surface area contributed by atoms with Gasteiger partial charge in [0.1, 0.15) is 0 Å². The lowest BCUT2D eigenvalue weighted by molar-refractivity contribution is -0.0332. The molecule has 1 aliphatic carbocycles. The number of halogens is 5. The molecule has 50 valence electrons. The molecule has 1 rings (SSSR count). The maximum atomic E-state index is 11.5. The molecule has 0 saturated carbocycles. The Morgan fingerprint density at radius 2 is 1.67 bits per heavy atom. The minimum absolute atomic E-state index is 2.07. The van der Waals surface area contributed by atoms with E-state index in [2.05, 4.69) is 0 Å². The SMILES string of the molecule is FC1=C(F)C(F)(F)[C+]1F.